The Morgan fingerprint density at radius 1 is 1.42 bits per heavy atom. The van der Waals surface area contributed by atoms with Gasteiger partial charge in [0.25, 0.3) is 6.43 Å². The van der Waals surface area contributed by atoms with Gasteiger partial charge in [0.05, 0.1) is 7.11 Å². The minimum atomic E-state index is -5.18. The molecular formula is C8H5F5N2O4. The highest BCUT2D eigenvalue weighted by molar-refractivity contribution is 5.46. The molecule has 0 bridgehead atoms. The van der Waals surface area contributed by atoms with E-state index in [2.05, 4.69) is 14.5 Å². The largest absolute Gasteiger partial charge is 0.573 e. The number of hydrogen-bond donors (Lipinski definition) is 0. The summed E-state index contributed by atoms with van der Waals surface area (Å²) in [5.41, 5.74) is -1.30. The molecule has 0 fully saturated rings. The third-order valence-electron chi connectivity index (χ3n) is 1.79. The summed E-state index contributed by atoms with van der Waals surface area (Å²) >= 11 is 0. The van der Waals surface area contributed by atoms with Gasteiger partial charge in [-0.3, -0.25) is 0 Å². The fourth-order valence-electron chi connectivity index (χ4n) is 1.13. The van der Waals surface area contributed by atoms with Crippen LogP contribution < -0.4 is 9.47 Å². The van der Waals surface area contributed by atoms with E-state index in [1.807, 2.05) is 0 Å². The minimum absolute atomic E-state index is 0.169. The van der Waals surface area contributed by atoms with Crippen molar-refractivity contribution < 1.29 is 36.3 Å². The minimum Gasteiger partial charge on any atom is -0.460 e. The molecular weight excluding hydrogens is 283 g/mol. The predicted molar refractivity (Wildman–Crippen MR) is 49.1 cm³/mol. The number of methoxy groups -OCH3 is 1. The van der Waals surface area contributed by atoms with Crippen LogP contribution in [0, 0.1) is 10.1 Å². The van der Waals surface area contributed by atoms with Gasteiger partial charge in [-0.15, -0.1) is 13.2 Å². The van der Waals surface area contributed by atoms with Crippen LogP contribution in [0.25, 0.3) is 0 Å². The third-order valence-corrected chi connectivity index (χ3v) is 1.79. The fraction of sp³-hybridized carbons (Fsp3) is 0.375. The Hall–Kier alpha value is -2.20. The molecule has 0 aromatic carbocycles. The van der Waals surface area contributed by atoms with Crippen molar-refractivity contribution in [1.82, 2.24) is 4.98 Å². The van der Waals surface area contributed by atoms with Gasteiger partial charge >= 0.3 is 18.1 Å². The Bertz CT molecular complexity index is 491. The molecule has 19 heavy (non-hydrogen) atoms. The second-order valence-electron chi connectivity index (χ2n) is 3.01. The van der Waals surface area contributed by atoms with Gasteiger partial charge in [0.2, 0.25) is 5.75 Å². The standard InChI is InChI=1S/C8H5F5N2O4/c1-18-7-4(19-8(11,12)13)2-3(5(9)10)6(14-7)15(16)17/h2,5H,1H3. The first-order valence-electron chi connectivity index (χ1n) is 4.43. The first-order valence-corrected chi connectivity index (χ1v) is 4.43. The van der Waals surface area contributed by atoms with Crippen LogP contribution in [0.4, 0.5) is 27.8 Å². The quantitative estimate of drug-likeness (QED) is 0.484. The van der Waals surface area contributed by atoms with Crippen LogP contribution in [0.3, 0.4) is 0 Å². The zero-order valence-corrected chi connectivity index (χ0v) is 9.07. The number of rotatable bonds is 4. The van der Waals surface area contributed by atoms with Crippen molar-refractivity contribution >= 4 is 5.82 Å². The number of alkyl halides is 5. The molecule has 1 rings (SSSR count). The average molecular weight is 288 g/mol. The van der Waals surface area contributed by atoms with Gasteiger partial charge in [-0.2, -0.15) is 0 Å². The van der Waals surface area contributed by atoms with Crippen LogP contribution in [0.15, 0.2) is 6.07 Å². The summed E-state index contributed by atoms with van der Waals surface area (Å²) in [5.74, 6) is -3.41. The first-order chi connectivity index (χ1) is 8.65. The lowest BCUT2D eigenvalue weighted by Crippen LogP contribution is -2.18. The molecule has 0 N–H and O–H groups in total. The lowest BCUT2D eigenvalue weighted by molar-refractivity contribution is -0.391. The number of pyridine rings is 1. The van der Waals surface area contributed by atoms with Crippen molar-refractivity contribution in [3.8, 4) is 11.6 Å². The lowest BCUT2D eigenvalue weighted by Gasteiger charge is -2.11. The monoisotopic (exact) mass is 288 g/mol. The third kappa shape index (κ3) is 3.63. The van der Waals surface area contributed by atoms with E-state index in [1.54, 1.807) is 0 Å². The normalized spacial score (nSPS) is 11.5. The summed E-state index contributed by atoms with van der Waals surface area (Å²) < 4.78 is 68.8. The van der Waals surface area contributed by atoms with E-state index < -0.39 is 40.7 Å². The number of hydrogen-bond acceptors (Lipinski definition) is 5. The van der Waals surface area contributed by atoms with Crippen LogP contribution in [-0.2, 0) is 0 Å². The molecule has 0 radical (unpaired) electrons. The Morgan fingerprint density at radius 3 is 2.37 bits per heavy atom. The number of nitro groups is 1. The molecule has 0 amide bonds. The second kappa shape index (κ2) is 5.20. The number of aromatic nitrogens is 1. The molecule has 0 aliphatic carbocycles. The van der Waals surface area contributed by atoms with Gasteiger partial charge < -0.3 is 19.6 Å². The summed E-state index contributed by atoms with van der Waals surface area (Å²) in [6.45, 7) is 0. The maximum atomic E-state index is 12.5. The van der Waals surface area contributed by atoms with E-state index in [0.717, 1.165) is 7.11 Å². The Kier molecular flexibility index (Phi) is 4.07. The van der Waals surface area contributed by atoms with Crippen molar-refractivity contribution in [3.63, 3.8) is 0 Å². The lowest BCUT2D eigenvalue weighted by atomic mass is 10.2. The smallest absolute Gasteiger partial charge is 0.460 e. The van der Waals surface area contributed by atoms with E-state index in [0.29, 0.717) is 0 Å². The van der Waals surface area contributed by atoms with Crippen LogP contribution in [0.2, 0.25) is 0 Å². The van der Waals surface area contributed by atoms with Gasteiger partial charge in [-0.05, 0) is 4.92 Å². The van der Waals surface area contributed by atoms with E-state index in [-0.39, 0.29) is 6.07 Å². The van der Waals surface area contributed by atoms with Gasteiger partial charge in [0.15, 0.2) is 0 Å². The van der Waals surface area contributed by atoms with Crippen LogP contribution in [-0.4, -0.2) is 23.4 Å². The molecule has 11 heteroatoms. The van der Waals surface area contributed by atoms with Gasteiger partial charge in [0, 0.05) is 11.1 Å². The van der Waals surface area contributed by atoms with Gasteiger partial charge in [-0.1, -0.05) is 0 Å². The number of halogens is 5. The van der Waals surface area contributed by atoms with Crippen LogP contribution >= 0.6 is 0 Å². The SMILES string of the molecule is COc1nc([N+](=O)[O-])c(C(F)F)cc1OC(F)(F)F. The highest BCUT2D eigenvalue weighted by atomic mass is 19.4. The number of ether oxygens (including phenoxy) is 2. The van der Waals surface area contributed by atoms with Crippen LogP contribution in [0.5, 0.6) is 11.6 Å². The Balaban J connectivity index is 3.39. The molecule has 0 saturated carbocycles. The number of nitrogens with zero attached hydrogens (tertiary/aromatic N) is 2. The molecule has 6 nitrogen and oxygen atoms in total. The average Bonchev–Trinajstić information content (AvgIpc) is 2.25. The molecule has 1 aromatic heterocycles. The molecule has 0 aliphatic heterocycles. The topological polar surface area (TPSA) is 74.5 Å². The summed E-state index contributed by atoms with van der Waals surface area (Å²) in [6.07, 6.45) is -8.57. The maximum Gasteiger partial charge on any atom is 0.573 e. The predicted octanol–water partition coefficient (Wildman–Crippen LogP) is 2.83. The summed E-state index contributed by atoms with van der Waals surface area (Å²) in [4.78, 5) is 12.2. The highest BCUT2D eigenvalue weighted by Crippen LogP contribution is 2.38. The fourth-order valence-corrected chi connectivity index (χ4v) is 1.13. The molecule has 1 heterocycles. The molecule has 0 aliphatic rings. The molecule has 106 valence electrons. The molecule has 1 aromatic rings. The molecule has 0 unspecified atom stereocenters. The first kappa shape index (κ1) is 14.9. The van der Waals surface area contributed by atoms with E-state index in [1.165, 1.54) is 0 Å². The van der Waals surface area contributed by atoms with Crippen molar-refractivity contribution in [2.45, 2.75) is 12.8 Å². The molecule has 0 spiro atoms. The highest BCUT2D eigenvalue weighted by Gasteiger charge is 2.36. The zero-order chi connectivity index (χ0) is 14.8. The zero-order valence-electron chi connectivity index (χ0n) is 9.07. The van der Waals surface area contributed by atoms with E-state index in [9.17, 15) is 32.1 Å². The van der Waals surface area contributed by atoms with E-state index in [4.69, 9.17) is 0 Å². The van der Waals surface area contributed by atoms with Crippen LogP contribution in [0.1, 0.15) is 12.0 Å². The second-order valence-corrected chi connectivity index (χ2v) is 3.01. The van der Waals surface area contributed by atoms with Crippen molar-refractivity contribution in [1.29, 1.82) is 0 Å². The Morgan fingerprint density at radius 2 is 2.00 bits per heavy atom. The molecule has 0 atom stereocenters. The maximum absolute atomic E-state index is 12.5. The van der Waals surface area contributed by atoms with Gasteiger partial charge in [-0.25, -0.2) is 8.78 Å². The van der Waals surface area contributed by atoms with Crippen molar-refractivity contribution in [2.24, 2.45) is 0 Å². The van der Waals surface area contributed by atoms with Crippen molar-refractivity contribution in [2.75, 3.05) is 7.11 Å². The van der Waals surface area contributed by atoms with E-state index >= 15 is 0 Å². The van der Waals surface area contributed by atoms with Crippen molar-refractivity contribution in [3.05, 3.63) is 21.7 Å². The summed E-state index contributed by atoms with van der Waals surface area (Å²) in [5, 5.41) is 10.5. The molecule has 0 saturated heterocycles. The summed E-state index contributed by atoms with van der Waals surface area (Å²) in [6, 6.07) is 0.169. The Labute approximate surface area is 101 Å². The summed E-state index contributed by atoms with van der Waals surface area (Å²) in [7, 11) is 0.858. The van der Waals surface area contributed by atoms with Gasteiger partial charge in [0.1, 0.15) is 5.56 Å².